The lowest BCUT2D eigenvalue weighted by atomic mass is 9.96. The van der Waals surface area contributed by atoms with Gasteiger partial charge in [0.25, 0.3) is 0 Å². The number of hydrogen-bond acceptors (Lipinski definition) is 10. The highest BCUT2D eigenvalue weighted by atomic mass is 31.2. The smallest absolute Gasteiger partial charge is 0.171 e. The molecule has 5 aromatic heterocycles. The molecule has 0 aliphatic carbocycles. The molecule has 110 heavy (non-hydrogen) atoms. The fourth-order valence-electron chi connectivity index (χ4n) is 15.4. The van der Waals surface area contributed by atoms with Crippen LogP contribution in [0.3, 0.4) is 0 Å². The zero-order valence-electron chi connectivity index (χ0n) is 59.2. The number of pyridine rings is 2. The van der Waals surface area contributed by atoms with Crippen molar-refractivity contribution in [1.82, 2.24) is 44.9 Å². The molecule has 0 aliphatic rings. The molecule has 0 unspecified atom stereocenters. The quantitative estimate of drug-likeness (QED) is 0.0765. The SMILES string of the molecule is O=P(c1ccccc1)(c1ccccc1)c1ccc(-c2ccc(-c3nc4ccccc4c4c3ccc3nc(-c5ccc(-c6cccc(-c7nc(-c8ccccc8)nc(-c8cccc(-c9nc%10ccccc%10c%10c9ccc9nc(-c%11ccccc%11)c(-c%11ccccc%11)nc9%10)c8)n7)c6)cc5)c(-c5ccccc5)nc34)cc2)cc1. The number of aromatic nitrogens is 9. The van der Waals surface area contributed by atoms with Gasteiger partial charge in [0.15, 0.2) is 24.6 Å². The zero-order valence-corrected chi connectivity index (χ0v) is 60.1. The molecule has 10 nitrogen and oxygen atoms in total. The number of benzene rings is 15. The second-order valence-electron chi connectivity index (χ2n) is 27.4. The molecule has 11 heteroatoms. The standard InChI is InChI=1S/C99H62N9OP/c109-110(76-37-15-5-16-38-76,77-39-17-6-18-40-77)78-55-53-64(54-56-78)63-45-49-69(50-46-63)89-81-57-59-86-95(87(81)79-41-19-21-43-83(79)100-89)105-94(68-29-11-3-12-30-68)92(103-86)70-51-47-65(48-52-70)72-33-23-35-74(61-72)98-106-97(71-31-13-4-14-32-71)107-99(108-98)75-36-24-34-73(62-75)90-82-58-60-85-96(88(82)80-42-20-22-44-84(80)101-90)104-93(67-27-9-2-10-28-67)91(102-85)66-25-7-1-8-26-66/h1-62H. The predicted octanol–water partition coefficient (Wildman–Crippen LogP) is 23.1. The van der Waals surface area contributed by atoms with E-state index in [9.17, 15) is 0 Å². The van der Waals surface area contributed by atoms with Gasteiger partial charge in [-0.3, -0.25) is 0 Å². The molecule has 0 amide bonds. The summed E-state index contributed by atoms with van der Waals surface area (Å²) < 4.78 is 15.2. The molecular weight excluding hydrogens is 1360 g/mol. The Morgan fingerprint density at radius 3 is 0.918 bits per heavy atom. The summed E-state index contributed by atoms with van der Waals surface area (Å²) in [5.41, 5.74) is 22.0. The van der Waals surface area contributed by atoms with Gasteiger partial charge in [-0.1, -0.05) is 328 Å². The first-order valence-corrected chi connectivity index (χ1v) is 38.4. The van der Waals surface area contributed by atoms with E-state index in [0.29, 0.717) is 17.5 Å². The van der Waals surface area contributed by atoms with Crippen molar-refractivity contribution in [2.45, 2.75) is 0 Å². The molecule has 0 saturated heterocycles. The highest BCUT2D eigenvalue weighted by Gasteiger charge is 2.30. The van der Waals surface area contributed by atoms with Gasteiger partial charge < -0.3 is 4.57 Å². The van der Waals surface area contributed by atoms with E-state index in [2.05, 4.69) is 206 Å². The molecule has 0 aliphatic heterocycles. The van der Waals surface area contributed by atoms with Gasteiger partial charge in [0.1, 0.15) is 0 Å². The van der Waals surface area contributed by atoms with Gasteiger partial charge in [-0.15, -0.1) is 0 Å². The van der Waals surface area contributed by atoms with Crippen molar-refractivity contribution in [1.29, 1.82) is 0 Å². The highest BCUT2D eigenvalue weighted by molar-refractivity contribution is 7.85. The second-order valence-corrected chi connectivity index (χ2v) is 30.2. The second kappa shape index (κ2) is 27.5. The molecule has 20 aromatic rings. The van der Waals surface area contributed by atoms with Crippen molar-refractivity contribution < 1.29 is 4.57 Å². The molecule has 0 saturated carbocycles. The average molecular weight is 1420 g/mol. The van der Waals surface area contributed by atoms with Crippen LogP contribution in [-0.2, 0) is 4.57 Å². The summed E-state index contributed by atoms with van der Waals surface area (Å²) in [6.45, 7) is 0. The Morgan fingerprint density at radius 2 is 0.464 bits per heavy atom. The molecule has 5 heterocycles. The minimum Gasteiger partial charge on any atom is -0.309 e. The van der Waals surface area contributed by atoms with E-state index < -0.39 is 7.14 Å². The van der Waals surface area contributed by atoms with Crippen LogP contribution in [0.15, 0.2) is 376 Å². The molecule has 15 aromatic carbocycles. The molecule has 0 fully saturated rings. The molecular formula is C99H62N9OP. The van der Waals surface area contributed by atoms with Crippen molar-refractivity contribution in [2.24, 2.45) is 0 Å². The zero-order chi connectivity index (χ0) is 73.1. The van der Waals surface area contributed by atoms with E-state index in [1.54, 1.807) is 0 Å². The monoisotopic (exact) mass is 1420 g/mol. The van der Waals surface area contributed by atoms with E-state index in [1.165, 1.54) is 0 Å². The van der Waals surface area contributed by atoms with E-state index in [0.717, 1.165) is 188 Å². The number of fused-ring (bicyclic) bond motifs is 10. The largest absolute Gasteiger partial charge is 0.309 e. The summed E-state index contributed by atoms with van der Waals surface area (Å²) >= 11 is 0. The Labute approximate surface area is 634 Å². The normalized spacial score (nSPS) is 11.7. The van der Waals surface area contributed by atoms with Gasteiger partial charge in [-0.05, 0) is 70.8 Å². The van der Waals surface area contributed by atoms with Crippen molar-refractivity contribution >= 4 is 88.5 Å². The average Bonchev–Trinajstić information content (AvgIpc) is 0.736. The Morgan fingerprint density at radius 1 is 0.173 bits per heavy atom. The van der Waals surface area contributed by atoms with Gasteiger partial charge in [0, 0.05) is 98.3 Å². The molecule has 0 atom stereocenters. The van der Waals surface area contributed by atoms with Crippen LogP contribution in [0.25, 0.3) is 189 Å². The fourth-order valence-corrected chi connectivity index (χ4v) is 18.0. The summed E-state index contributed by atoms with van der Waals surface area (Å²) in [4.78, 5) is 48.7. The number of hydrogen-bond donors (Lipinski definition) is 0. The van der Waals surface area contributed by atoms with Crippen molar-refractivity contribution in [2.75, 3.05) is 0 Å². The van der Waals surface area contributed by atoms with Gasteiger partial charge in [0.05, 0.1) is 67.3 Å². The maximum atomic E-state index is 15.2. The lowest BCUT2D eigenvalue weighted by molar-refractivity contribution is 0.592. The van der Waals surface area contributed by atoms with Crippen LogP contribution in [0.5, 0.6) is 0 Å². The molecule has 0 bridgehead atoms. The van der Waals surface area contributed by atoms with Crippen LogP contribution in [0.2, 0.25) is 0 Å². The van der Waals surface area contributed by atoms with E-state index in [-0.39, 0.29) is 0 Å². The Kier molecular flexibility index (Phi) is 16.3. The van der Waals surface area contributed by atoms with Crippen LogP contribution in [0.1, 0.15) is 0 Å². The van der Waals surface area contributed by atoms with Gasteiger partial charge in [0.2, 0.25) is 0 Å². The third-order valence-electron chi connectivity index (χ3n) is 20.8. The lowest BCUT2D eigenvalue weighted by Gasteiger charge is -2.20. The van der Waals surface area contributed by atoms with Crippen molar-refractivity contribution in [3.05, 3.63) is 376 Å². The first kappa shape index (κ1) is 65.1. The van der Waals surface area contributed by atoms with Crippen LogP contribution in [0, 0.1) is 0 Å². The first-order chi connectivity index (χ1) is 54.4. The maximum Gasteiger partial charge on any atom is 0.171 e. The summed E-state index contributed by atoms with van der Waals surface area (Å²) in [6, 6.07) is 128. The minimum atomic E-state index is -3.13. The summed E-state index contributed by atoms with van der Waals surface area (Å²) in [5, 5.41) is 8.29. The van der Waals surface area contributed by atoms with Gasteiger partial charge >= 0.3 is 0 Å². The fraction of sp³-hybridized carbons (Fsp3) is 0. The predicted molar refractivity (Wildman–Crippen MR) is 451 cm³/mol. The maximum absolute atomic E-state index is 15.2. The Hall–Kier alpha value is -14.4. The number of para-hydroxylation sites is 2. The van der Waals surface area contributed by atoms with Crippen molar-refractivity contribution in [3.8, 4) is 124 Å². The molecule has 514 valence electrons. The van der Waals surface area contributed by atoms with E-state index >= 15 is 4.57 Å². The summed E-state index contributed by atoms with van der Waals surface area (Å²) in [5.74, 6) is 1.62. The summed E-state index contributed by atoms with van der Waals surface area (Å²) in [6.07, 6.45) is 0. The van der Waals surface area contributed by atoms with Crippen LogP contribution >= 0.6 is 7.14 Å². The lowest BCUT2D eigenvalue weighted by Crippen LogP contribution is -2.24. The van der Waals surface area contributed by atoms with Crippen LogP contribution < -0.4 is 15.9 Å². The third-order valence-corrected chi connectivity index (χ3v) is 23.8. The molecule has 0 radical (unpaired) electrons. The van der Waals surface area contributed by atoms with Crippen LogP contribution in [-0.4, -0.2) is 44.9 Å². The first-order valence-electron chi connectivity index (χ1n) is 36.7. The highest BCUT2D eigenvalue weighted by Crippen LogP contribution is 2.46. The third kappa shape index (κ3) is 11.7. The molecule has 0 spiro atoms. The molecule has 0 N–H and O–H groups in total. The van der Waals surface area contributed by atoms with E-state index in [1.807, 2.05) is 170 Å². The van der Waals surface area contributed by atoms with Gasteiger partial charge in [-0.25, -0.2) is 44.9 Å². The summed E-state index contributed by atoms with van der Waals surface area (Å²) in [7, 11) is -3.13. The minimum absolute atomic E-state index is 0.528. The number of rotatable bonds is 14. The Balaban J connectivity index is 0.639. The van der Waals surface area contributed by atoms with Crippen LogP contribution in [0.4, 0.5) is 0 Å². The number of nitrogens with zero attached hydrogens (tertiary/aromatic N) is 9. The molecule has 20 rings (SSSR count). The Bertz CT molecular complexity index is 6960. The van der Waals surface area contributed by atoms with Crippen molar-refractivity contribution in [3.63, 3.8) is 0 Å². The van der Waals surface area contributed by atoms with Gasteiger partial charge in [-0.2, -0.15) is 0 Å². The van der Waals surface area contributed by atoms with E-state index in [4.69, 9.17) is 44.9 Å². The topological polar surface area (TPSA) is 133 Å².